The summed E-state index contributed by atoms with van der Waals surface area (Å²) in [6.45, 7) is 3.67. The zero-order chi connectivity index (χ0) is 12.3. The predicted molar refractivity (Wildman–Crippen MR) is 67.4 cm³/mol. The maximum absolute atomic E-state index is 11.9. The number of nitrogens with zero attached hydrogens (tertiary/aromatic N) is 1. The molecule has 1 amide bonds. The number of rotatable bonds is 3. The van der Waals surface area contributed by atoms with Crippen molar-refractivity contribution in [2.45, 2.75) is 19.4 Å². The summed E-state index contributed by atoms with van der Waals surface area (Å²) in [6, 6.07) is 7.16. The molecular formula is C12H16BrNO2. The first kappa shape index (κ1) is 13.2. The van der Waals surface area contributed by atoms with Gasteiger partial charge in [0.1, 0.15) is 0 Å². The molecule has 0 saturated carbocycles. The highest BCUT2D eigenvalue weighted by Gasteiger charge is 2.20. The molecule has 0 aromatic heterocycles. The van der Waals surface area contributed by atoms with Crippen molar-refractivity contribution in [1.82, 2.24) is 4.90 Å². The van der Waals surface area contributed by atoms with Crippen LogP contribution in [0.1, 0.15) is 24.2 Å². The number of carbonyl (C=O) groups is 1. The number of halogens is 1. The van der Waals surface area contributed by atoms with E-state index in [4.69, 9.17) is 0 Å². The highest BCUT2D eigenvalue weighted by molar-refractivity contribution is 9.10. The van der Waals surface area contributed by atoms with Gasteiger partial charge in [-0.15, -0.1) is 0 Å². The van der Waals surface area contributed by atoms with Gasteiger partial charge in [0.05, 0.1) is 5.60 Å². The normalized spacial score (nSPS) is 11.3. The van der Waals surface area contributed by atoms with E-state index in [0.717, 1.165) is 4.47 Å². The lowest BCUT2D eigenvalue weighted by atomic mass is 10.1. The molecule has 1 aromatic rings. The Morgan fingerprint density at radius 2 is 1.88 bits per heavy atom. The molecule has 3 nitrogen and oxygen atoms in total. The van der Waals surface area contributed by atoms with Gasteiger partial charge in [-0.1, -0.05) is 15.9 Å². The van der Waals surface area contributed by atoms with Crippen molar-refractivity contribution in [3.05, 3.63) is 34.3 Å². The topological polar surface area (TPSA) is 40.5 Å². The van der Waals surface area contributed by atoms with Gasteiger partial charge in [-0.05, 0) is 38.1 Å². The molecule has 0 heterocycles. The lowest BCUT2D eigenvalue weighted by molar-refractivity contribution is 0.0368. The Bertz CT molecular complexity index is 368. The summed E-state index contributed by atoms with van der Waals surface area (Å²) >= 11 is 3.32. The molecule has 0 unspecified atom stereocenters. The molecule has 0 atom stereocenters. The zero-order valence-corrected chi connectivity index (χ0v) is 11.3. The summed E-state index contributed by atoms with van der Waals surface area (Å²) in [6.07, 6.45) is 0. The first-order valence-electron chi connectivity index (χ1n) is 5.03. The Morgan fingerprint density at radius 3 is 2.31 bits per heavy atom. The van der Waals surface area contributed by atoms with Crippen molar-refractivity contribution in [3.63, 3.8) is 0 Å². The van der Waals surface area contributed by atoms with Gasteiger partial charge in [-0.25, -0.2) is 0 Å². The Kier molecular flexibility index (Phi) is 4.10. The van der Waals surface area contributed by atoms with E-state index >= 15 is 0 Å². The molecule has 0 spiro atoms. The van der Waals surface area contributed by atoms with Gasteiger partial charge in [-0.2, -0.15) is 0 Å². The third kappa shape index (κ3) is 3.94. The highest BCUT2D eigenvalue weighted by atomic mass is 79.9. The van der Waals surface area contributed by atoms with Gasteiger partial charge >= 0.3 is 0 Å². The minimum atomic E-state index is -0.875. The fourth-order valence-electron chi connectivity index (χ4n) is 1.47. The maximum Gasteiger partial charge on any atom is 0.253 e. The first-order chi connectivity index (χ1) is 7.29. The van der Waals surface area contributed by atoms with Crippen LogP contribution in [0, 0.1) is 0 Å². The number of benzene rings is 1. The summed E-state index contributed by atoms with van der Waals surface area (Å²) < 4.78 is 0.939. The number of aliphatic hydroxyl groups is 1. The predicted octanol–water partition coefficient (Wildman–Crippen LogP) is 2.29. The van der Waals surface area contributed by atoms with E-state index in [9.17, 15) is 9.90 Å². The Balaban J connectivity index is 2.74. The van der Waals surface area contributed by atoms with Crippen LogP contribution >= 0.6 is 15.9 Å². The second-order valence-corrected chi connectivity index (χ2v) is 5.40. The summed E-state index contributed by atoms with van der Waals surface area (Å²) in [5.41, 5.74) is -0.255. The van der Waals surface area contributed by atoms with Gasteiger partial charge in [0, 0.05) is 23.6 Å². The fourth-order valence-corrected chi connectivity index (χ4v) is 1.73. The van der Waals surface area contributed by atoms with Crippen molar-refractivity contribution in [2.75, 3.05) is 13.6 Å². The Hall–Kier alpha value is -0.870. The van der Waals surface area contributed by atoms with Crippen LogP contribution in [-0.2, 0) is 0 Å². The van der Waals surface area contributed by atoms with Crippen LogP contribution in [0.2, 0.25) is 0 Å². The van der Waals surface area contributed by atoms with Crippen LogP contribution in [0.4, 0.5) is 0 Å². The van der Waals surface area contributed by atoms with Crippen molar-refractivity contribution in [1.29, 1.82) is 0 Å². The maximum atomic E-state index is 11.9. The van der Waals surface area contributed by atoms with Gasteiger partial charge in [0.25, 0.3) is 5.91 Å². The van der Waals surface area contributed by atoms with Crippen LogP contribution < -0.4 is 0 Å². The monoisotopic (exact) mass is 285 g/mol. The third-order valence-corrected chi connectivity index (χ3v) is 2.59. The average Bonchev–Trinajstić information content (AvgIpc) is 2.15. The summed E-state index contributed by atoms with van der Waals surface area (Å²) in [4.78, 5) is 13.5. The summed E-state index contributed by atoms with van der Waals surface area (Å²) in [5, 5.41) is 9.63. The van der Waals surface area contributed by atoms with Crippen molar-refractivity contribution < 1.29 is 9.90 Å². The molecule has 4 heteroatoms. The number of amides is 1. The second kappa shape index (κ2) is 4.97. The van der Waals surface area contributed by atoms with Crippen molar-refractivity contribution in [2.24, 2.45) is 0 Å². The molecule has 0 saturated heterocycles. The minimum Gasteiger partial charge on any atom is -0.389 e. The van der Waals surface area contributed by atoms with E-state index in [0.29, 0.717) is 12.1 Å². The second-order valence-electron chi connectivity index (χ2n) is 4.48. The van der Waals surface area contributed by atoms with E-state index in [1.807, 2.05) is 12.1 Å². The standard InChI is InChI=1S/C12H16BrNO2/c1-12(2,16)8-14(3)11(15)9-4-6-10(13)7-5-9/h4-7,16H,8H2,1-3H3. The molecule has 88 valence electrons. The molecule has 0 bridgehead atoms. The van der Waals surface area contributed by atoms with Gasteiger partial charge in [0.15, 0.2) is 0 Å². The fraction of sp³-hybridized carbons (Fsp3) is 0.417. The summed E-state index contributed by atoms with van der Waals surface area (Å²) in [5.74, 6) is -0.0883. The molecule has 0 radical (unpaired) electrons. The lowest BCUT2D eigenvalue weighted by Crippen LogP contribution is -2.39. The molecule has 16 heavy (non-hydrogen) atoms. The van der Waals surface area contributed by atoms with Crippen molar-refractivity contribution in [3.8, 4) is 0 Å². The Morgan fingerprint density at radius 1 is 1.38 bits per heavy atom. The molecule has 1 aromatic carbocycles. The quantitative estimate of drug-likeness (QED) is 0.926. The van der Waals surface area contributed by atoms with E-state index in [2.05, 4.69) is 15.9 Å². The molecule has 0 aliphatic carbocycles. The first-order valence-corrected chi connectivity index (χ1v) is 5.82. The number of hydrogen-bond donors (Lipinski definition) is 1. The molecule has 0 aliphatic heterocycles. The minimum absolute atomic E-state index is 0.0883. The van der Waals surface area contributed by atoms with Gasteiger partial charge in [0.2, 0.25) is 0 Å². The summed E-state index contributed by atoms with van der Waals surface area (Å²) in [7, 11) is 1.68. The molecule has 0 aliphatic rings. The van der Waals surface area contributed by atoms with Crippen molar-refractivity contribution >= 4 is 21.8 Å². The molecule has 1 N–H and O–H groups in total. The largest absolute Gasteiger partial charge is 0.389 e. The van der Waals surface area contributed by atoms with E-state index in [1.54, 1.807) is 33.0 Å². The highest BCUT2D eigenvalue weighted by Crippen LogP contribution is 2.13. The van der Waals surface area contributed by atoms with Crippen LogP contribution in [0.25, 0.3) is 0 Å². The smallest absolute Gasteiger partial charge is 0.253 e. The van der Waals surface area contributed by atoms with Crippen LogP contribution in [0.15, 0.2) is 28.7 Å². The molecule has 1 rings (SSSR count). The van der Waals surface area contributed by atoms with E-state index < -0.39 is 5.60 Å². The third-order valence-electron chi connectivity index (χ3n) is 2.06. The molecular weight excluding hydrogens is 270 g/mol. The number of carbonyl (C=O) groups excluding carboxylic acids is 1. The van der Waals surface area contributed by atoms with E-state index in [1.165, 1.54) is 4.90 Å². The lowest BCUT2D eigenvalue weighted by Gasteiger charge is -2.25. The Labute approximate surface area is 104 Å². The van der Waals surface area contributed by atoms with E-state index in [-0.39, 0.29) is 5.91 Å². The van der Waals surface area contributed by atoms with Crippen LogP contribution in [0.3, 0.4) is 0 Å². The van der Waals surface area contributed by atoms with Crippen LogP contribution in [-0.4, -0.2) is 35.1 Å². The number of likely N-dealkylation sites (N-methyl/N-ethyl adjacent to an activating group) is 1. The zero-order valence-electron chi connectivity index (χ0n) is 9.70. The van der Waals surface area contributed by atoms with Gasteiger partial charge < -0.3 is 10.0 Å². The average molecular weight is 286 g/mol. The number of hydrogen-bond acceptors (Lipinski definition) is 2. The molecule has 0 fully saturated rings. The SMILES string of the molecule is CN(CC(C)(C)O)C(=O)c1ccc(Br)cc1. The van der Waals surface area contributed by atoms with Gasteiger partial charge in [-0.3, -0.25) is 4.79 Å². The van der Waals surface area contributed by atoms with Crippen LogP contribution in [0.5, 0.6) is 0 Å².